The topological polar surface area (TPSA) is 66.5 Å². The van der Waals surface area contributed by atoms with Gasteiger partial charge in [0, 0.05) is 29.4 Å². The average Bonchev–Trinajstić information content (AvgIpc) is 2.27. The van der Waals surface area contributed by atoms with E-state index in [0.717, 1.165) is 0 Å². The van der Waals surface area contributed by atoms with Gasteiger partial charge in [0.1, 0.15) is 12.1 Å². The lowest BCUT2D eigenvalue weighted by molar-refractivity contribution is -0.149. The summed E-state index contributed by atoms with van der Waals surface area (Å²) < 4.78 is 11.0. The van der Waals surface area contributed by atoms with Crippen molar-refractivity contribution in [3.8, 4) is 0 Å². The molecule has 1 aliphatic heterocycles. The van der Waals surface area contributed by atoms with Gasteiger partial charge < -0.3 is 10.2 Å². The van der Waals surface area contributed by atoms with Crippen LogP contribution < -0.4 is 5.32 Å². The number of hydrogen-bond donors (Lipinski definition) is 1. The minimum atomic E-state index is -0.857. The summed E-state index contributed by atoms with van der Waals surface area (Å²) >= 11 is 0. The van der Waals surface area contributed by atoms with Gasteiger partial charge in [-0.3, -0.25) is 13.8 Å². The number of carbonyl (C=O) groups is 2. The van der Waals surface area contributed by atoms with Gasteiger partial charge in [-0.1, -0.05) is 13.8 Å². The average molecular weight is 274 g/mol. The molecule has 1 N–H and O–H groups in total. The van der Waals surface area contributed by atoms with E-state index < -0.39 is 22.9 Å². The summed E-state index contributed by atoms with van der Waals surface area (Å²) in [6.45, 7) is 6.05. The Hall–Kier alpha value is -0.910. The molecule has 1 aliphatic rings. The maximum atomic E-state index is 12.2. The third kappa shape index (κ3) is 3.54. The van der Waals surface area contributed by atoms with Crippen LogP contribution in [0.5, 0.6) is 0 Å². The Kier molecular flexibility index (Phi) is 5.31. The number of nitrogens with one attached hydrogen (secondary N) is 1. The number of hydrogen-bond acceptors (Lipinski definition) is 3. The normalized spacial score (nSPS) is 26.4. The van der Waals surface area contributed by atoms with Crippen LogP contribution in [0.2, 0.25) is 0 Å². The Bertz CT molecular complexity index is 357. The van der Waals surface area contributed by atoms with Gasteiger partial charge in [0.2, 0.25) is 11.8 Å². The molecule has 1 heterocycles. The second-order valence-corrected chi connectivity index (χ2v) is 6.62. The van der Waals surface area contributed by atoms with Crippen LogP contribution in [-0.2, 0) is 20.4 Å². The van der Waals surface area contributed by atoms with E-state index in [4.69, 9.17) is 0 Å². The molecule has 0 bridgehead atoms. The first-order valence-electron chi connectivity index (χ1n) is 6.25. The van der Waals surface area contributed by atoms with Crippen molar-refractivity contribution in [3.63, 3.8) is 0 Å². The van der Waals surface area contributed by atoms with Gasteiger partial charge in [0.05, 0.1) is 0 Å². The highest BCUT2D eigenvalue weighted by Gasteiger charge is 2.38. The molecule has 0 spiro atoms. The summed E-state index contributed by atoms with van der Waals surface area (Å²) in [5, 5.41) is 2.75. The van der Waals surface area contributed by atoms with Crippen molar-refractivity contribution < 1.29 is 13.8 Å². The van der Waals surface area contributed by atoms with Crippen LogP contribution in [0.4, 0.5) is 0 Å². The summed E-state index contributed by atoms with van der Waals surface area (Å²) in [4.78, 5) is 25.6. The second-order valence-electron chi connectivity index (χ2n) is 5.07. The molecule has 2 amide bonds. The fourth-order valence-corrected chi connectivity index (χ4v) is 2.58. The highest BCUT2D eigenvalue weighted by molar-refractivity contribution is 7.84. The third-order valence-electron chi connectivity index (χ3n) is 3.19. The molecule has 0 aliphatic carbocycles. The standard InChI is InChI=1S/C12H22N2O3S/c1-8(2)10-12(16)14(6-5-7-18(4)17)9(3)11(15)13-10/h8-10H,5-7H2,1-4H3,(H,13,15). The van der Waals surface area contributed by atoms with Crippen LogP contribution in [0, 0.1) is 5.92 Å². The molecule has 6 heteroatoms. The van der Waals surface area contributed by atoms with Gasteiger partial charge >= 0.3 is 0 Å². The quantitative estimate of drug-likeness (QED) is 0.775. The van der Waals surface area contributed by atoms with Crippen molar-refractivity contribution in [2.75, 3.05) is 18.6 Å². The van der Waals surface area contributed by atoms with E-state index in [2.05, 4.69) is 5.32 Å². The number of rotatable bonds is 5. The van der Waals surface area contributed by atoms with Crippen LogP contribution in [0.15, 0.2) is 0 Å². The largest absolute Gasteiger partial charge is 0.342 e. The summed E-state index contributed by atoms with van der Waals surface area (Å²) in [6, 6.07) is -0.862. The minimum Gasteiger partial charge on any atom is -0.342 e. The molecule has 0 aromatic carbocycles. The lowest BCUT2D eigenvalue weighted by atomic mass is 9.98. The predicted molar refractivity (Wildman–Crippen MR) is 71.5 cm³/mol. The molecule has 5 nitrogen and oxygen atoms in total. The van der Waals surface area contributed by atoms with Crippen molar-refractivity contribution in [2.45, 2.75) is 39.3 Å². The van der Waals surface area contributed by atoms with Crippen molar-refractivity contribution in [1.29, 1.82) is 0 Å². The Morgan fingerprint density at radius 3 is 2.50 bits per heavy atom. The maximum Gasteiger partial charge on any atom is 0.246 e. The number of carbonyl (C=O) groups excluding carboxylic acids is 2. The molecule has 3 atom stereocenters. The highest BCUT2D eigenvalue weighted by Crippen LogP contribution is 2.15. The zero-order valence-corrected chi connectivity index (χ0v) is 12.3. The molecule has 104 valence electrons. The number of amides is 2. The number of nitrogens with zero attached hydrogens (tertiary/aromatic N) is 1. The summed E-state index contributed by atoms with van der Waals surface area (Å²) in [5.74, 6) is 0.506. The van der Waals surface area contributed by atoms with E-state index in [1.807, 2.05) is 13.8 Å². The first-order chi connectivity index (χ1) is 8.34. The van der Waals surface area contributed by atoms with Gasteiger partial charge in [-0.15, -0.1) is 0 Å². The first-order valence-corrected chi connectivity index (χ1v) is 7.98. The van der Waals surface area contributed by atoms with Crippen LogP contribution in [0.3, 0.4) is 0 Å². The fraction of sp³-hybridized carbons (Fsp3) is 0.833. The predicted octanol–water partition coefficient (Wildman–Crippen LogP) is 0.127. The van der Waals surface area contributed by atoms with Gasteiger partial charge in [0.15, 0.2) is 0 Å². The van der Waals surface area contributed by atoms with E-state index in [0.29, 0.717) is 18.7 Å². The molecule has 0 saturated carbocycles. The van der Waals surface area contributed by atoms with Gasteiger partial charge in [-0.25, -0.2) is 0 Å². The van der Waals surface area contributed by atoms with Crippen LogP contribution in [0.25, 0.3) is 0 Å². The van der Waals surface area contributed by atoms with Gasteiger partial charge in [-0.2, -0.15) is 0 Å². The van der Waals surface area contributed by atoms with Crippen molar-refractivity contribution in [2.24, 2.45) is 5.92 Å². The SMILES string of the molecule is CC(C)C1NC(=O)C(C)N(CCCS(C)=O)C1=O. The van der Waals surface area contributed by atoms with Crippen LogP contribution >= 0.6 is 0 Å². The van der Waals surface area contributed by atoms with Gasteiger partial charge in [-0.05, 0) is 19.3 Å². The first kappa shape index (κ1) is 15.1. The molecule has 1 saturated heterocycles. The number of piperazine rings is 1. The minimum absolute atomic E-state index is 0.0287. The molecule has 18 heavy (non-hydrogen) atoms. The molecule has 1 fully saturated rings. The molecule has 0 aromatic rings. The maximum absolute atomic E-state index is 12.2. The molecular weight excluding hydrogens is 252 g/mol. The highest BCUT2D eigenvalue weighted by atomic mass is 32.2. The van der Waals surface area contributed by atoms with Crippen LogP contribution in [-0.4, -0.2) is 51.6 Å². The summed E-state index contributed by atoms with van der Waals surface area (Å²) in [5.41, 5.74) is 0. The zero-order valence-electron chi connectivity index (χ0n) is 11.4. The molecule has 3 unspecified atom stereocenters. The van der Waals surface area contributed by atoms with Gasteiger partial charge in [0.25, 0.3) is 0 Å². The summed E-state index contributed by atoms with van der Waals surface area (Å²) in [7, 11) is -0.857. The van der Waals surface area contributed by atoms with E-state index in [1.54, 1.807) is 18.1 Å². The molecule has 0 aromatic heterocycles. The molecular formula is C12H22N2O3S. The van der Waals surface area contributed by atoms with E-state index >= 15 is 0 Å². The fourth-order valence-electron chi connectivity index (χ4n) is 2.04. The monoisotopic (exact) mass is 274 g/mol. The summed E-state index contributed by atoms with van der Waals surface area (Å²) in [6.07, 6.45) is 2.31. The van der Waals surface area contributed by atoms with Crippen LogP contribution in [0.1, 0.15) is 27.2 Å². The zero-order chi connectivity index (χ0) is 13.9. The smallest absolute Gasteiger partial charge is 0.246 e. The Labute approximate surface area is 111 Å². The van der Waals surface area contributed by atoms with Crippen molar-refractivity contribution >= 4 is 22.6 Å². The second kappa shape index (κ2) is 6.31. The lowest BCUT2D eigenvalue weighted by Gasteiger charge is -2.38. The van der Waals surface area contributed by atoms with Crippen molar-refractivity contribution in [1.82, 2.24) is 10.2 Å². The molecule has 1 rings (SSSR count). The Morgan fingerprint density at radius 1 is 1.39 bits per heavy atom. The van der Waals surface area contributed by atoms with E-state index in [1.165, 1.54) is 0 Å². The molecule has 0 radical (unpaired) electrons. The third-order valence-corrected chi connectivity index (χ3v) is 4.05. The lowest BCUT2D eigenvalue weighted by Crippen LogP contribution is -2.64. The van der Waals surface area contributed by atoms with E-state index in [9.17, 15) is 13.8 Å². The Balaban J connectivity index is 2.69. The van der Waals surface area contributed by atoms with E-state index in [-0.39, 0.29) is 17.7 Å². The van der Waals surface area contributed by atoms with Crippen molar-refractivity contribution in [3.05, 3.63) is 0 Å². The Morgan fingerprint density at radius 2 is 2.00 bits per heavy atom.